The van der Waals surface area contributed by atoms with E-state index >= 15 is 0 Å². The lowest BCUT2D eigenvalue weighted by Crippen LogP contribution is -2.44. The number of ether oxygens (including phenoxy) is 1. The van der Waals surface area contributed by atoms with Gasteiger partial charge in [-0.25, -0.2) is 23.7 Å². The molecule has 2 amide bonds. The molecule has 5 rings (SSSR count). The lowest BCUT2D eigenvalue weighted by molar-refractivity contribution is -0.137. The SMILES string of the molecule is COc1ncc(-c2ccc3c(cnn3CC(=O)N3C[C@H](F)C[C@H]3C(=O)Nc3ccc(F)c(Br)n3)c2)cn1. The maximum absolute atomic E-state index is 14.3. The highest BCUT2D eigenvalue weighted by atomic mass is 79.9. The fourth-order valence-electron chi connectivity index (χ4n) is 4.19. The Morgan fingerprint density at radius 1 is 1.16 bits per heavy atom. The molecule has 4 aromatic rings. The van der Waals surface area contributed by atoms with Crippen molar-refractivity contribution in [2.24, 2.45) is 0 Å². The number of carbonyl (C=O) groups is 2. The van der Waals surface area contributed by atoms with Gasteiger partial charge in [0, 0.05) is 29.8 Å². The first-order chi connectivity index (χ1) is 17.8. The van der Waals surface area contributed by atoms with Crippen molar-refractivity contribution in [1.29, 1.82) is 0 Å². The van der Waals surface area contributed by atoms with Crippen molar-refractivity contribution in [3.63, 3.8) is 0 Å². The van der Waals surface area contributed by atoms with E-state index < -0.39 is 29.8 Å². The third-order valence-corrected chi connectivity index (χ3v) is 6.55. The van der Waals surface area contributed by atoms with Crippen molar-refractivity contribution in [3.05, 3.63) is 59.3 Å². The van der Waals surface area contributed by atoms with Crippen molar-refractivity contribution in [2.75, 3.05) is 19.0 Å². The summed E-state index contributed by atoms with van der Waals surface area (Å²) in [4.78, 5) is 39.3. The topological polar surface area (TPSA) is 115 Å². The number of halogens is 3. The molecule has 1 aromatic carbocycles. The van der Waals surface area contributed by atoms with Gasteiger partial charge in [-0.1, -0.05) is 6.07 Å². The van der Waals surface area contributed by atoms with Crippen molar-refractivity contribution in [1.82, 2.24) is 29.6 Å². The van der Waals surface area contributed by atoms with Gasteiger partial charge < -0.3 is 15.0 Å². The number of likely N-dealkylation sites (tertiary alicyclic amines) is 1. The van der Waals surface area contributed by atoms with Gasteiger partial charge in [0.2, 0.25) is 11.8 Å². The molecular formula is C24H20BrF2N7O3. The van der Waals surface area contributed by atoms with Gasteiger partial charge in [-0.3, -0.25) is 14.3 Å². The highest BCUT2D eigenvalue weighted by Gasteiger charge is 2.40. The summed E-state index contributed by atoms with van der Waals surface area (Å²) < 4.78 is 34.2. The van der Waals surface area contributed by atoms with Crippen LogP contribution in [0.2, 0.25) is 0 Å². The van der Waals surface area contributed by atoms with E-state index in [1.165, 1.54) is 22.8 Å². The maximum Gasteiger partial charge on any atom is 0.316 e. The van der Waals surface area contributed by atoms with E-state index in [4.69, 9.17) is 4.74 Å². The Bertz CT molecular complexity index is 1480. The van der Waals surface area contributed by atoms with Crippen LogP contribution in [0, 0.1) is 5.82 Å². The molecule has 4 heterocycles. The van der Waals surface area contributed by atoms with E-state index in [-0.39, 0.29) is 35.9 Å². The molecule has 3 aromatic heterocycles. The summed E-state index contributed by atoms with van der Waals surface area (Å²) in [5, 5.41) is 7.63. The van der Waals surface area contributed by atoms with Crippen LogP contribution in [0.3, 0.4) is 0 Å². The molecule has 0 aliphatic carbocycles. The molecule has 1 fully saturated rings. The third-order valence-electron chi connectivity index (χ3n) is 6.00. The van der Waals surface area contributed by atoms with Gasteiger partial charge in [0.05, 0.1) is 25.4 Å². The summed E-state index contributed by atoms with van der Waals surface area (Å²) in [6.07, 6.45) is 3.42. The van der Waals surface area contributed by atoms with Crippen LogP contribution in [0.1, 0.15) is 6.42 Å². The number of fused-ring (bicyclic) bond motifs is 1. The monoisotopic (exact) mass is 571 g/mol. The predicted octanol–water partition coefficient (Wildman–Crippen LogP) is 3.38. The fraction of sp³-hybridized carbons (Fsp3) is 0.250. The first kappa shape index (κ1) is 24.7. The molecule has 1 N–H and O–H groups in total. The molecule has 13 heteroatoms. The minimum absolute atomic E-state index is 0.0683. The standard InChI is InChI=1S/C24H20BrF2N7O3/c1-37-24-28-8-15(9-29-24)13-2-4-18-14(6-13)10-30-34(18)12-21(35)33-11-16(26)7-19(33)23(36)32-20-5-3-17(27)22(25)31-20/h2-6,8-10,16,19H,7,11-12H2,1H3,(H,31,32,36)/t16-,19+/m1/s1. The molecule has 0 bridgehead atoms. The number of nitrogens with one attached hydrogen (secondary N) is 1. The summed E-state index contributed by atoms with van der Waals surface area (Å²) in [7, 11) is 1.49. The largest absolute Gasteiger partial charge is 0.467 e. The number of rotatable bonds is 6. The Kier molecular flexibility index (Phi) is 6.78. The first-order valence-electron chi connectivity index (χ1n) is 11.2. The Hall–Kier alpha value is -4.00. The number of methoxy groups -OCH3 is 1. The summed E-state index contributed by atoms with van der Waals surface area (Å²) >= 11 is 2.96. The zero-order valence-electron chi connectivity index (χ0n) is 19.4. The lowest BCUT2D eigenvalue weighted by atomic mass is 10.1. The fourth-order valence-corrected chi connectivity index (χ4v) is 4.51. The molecule has 0 spiro atoms. The molecule has 2 atom stereocenters. The highest BCUT2D eigenvalue weighted by molar-refractivity contribution is 9.10. The number of pyridine rings is 1. The summed E-state index contributed by atoms with van der Waals surface area (Å²) in [6, 6.07) is 7.23. The molecule has 37 heavy (non-hydrogen) atoms. The Balaban J connectivity index is 1.31. The zero-order chi connectivity index (χ0) is 26.1. The molecule has 0 radical (unpaired) electrons. The van der Waals surface area contributed by atoms with Gasteiger partial charge in [-0.15, -0.1) is 0 Å². The Morgan fingerprint density at radius 2 is 1.95 bits per heavy atom. The summed E-state index contributed by atoms with van der Waals surface area (Å²) in [6.45, 7) is -0.385. The molecule has 190 valence electrons. The van der Waals surface area contributed by atoms with Gasteiger partial charge in [0.15, 0.2) is 5.82 Å². The molecule has 1 aliphatic rings. The molecule has 0 saturated carbocycles. The van der Waals surface area contributed by atoms with E-state index in [0.29, 0.717) is 5.52 Å². The normalized spacial score (nSPS) is 17.2. The Morgan fingerprint density at radius 3 is 2.68 bits per heavy atom. The smallest absolute Gasteiger partial charge is 0.316 e. The van der Waals surface area contributed by atoms with Crippen molar-refractivity contribution >= 4 is 44.5 Å². The zero-order valence-corrected chi connectivity index (χ0v) is 21.0. The first-order valence-corrected chi connectivity index (χ1v) is 12.0. The van der Waals surface area contributed by atoms with Crippen LogP contribution in [0.15, 0.2) is 53.5 Å². The number of hydrogen-bond acceptors (Lipinski definition) is 7. The molecule has 10 nitrogen and oxygen atoms in total. The molecular weight excluding hydrogens is 552 g/mol. The Labute approximate surface area is 217 Å². The van der Waals surface area contributed by atoms with E-state index in [1.54, 1.807) is 18.6 Å². The second kappa shape index (κ2) is 10.2. The molecule has 1 aliphatic heterocycles. The van der Waals surface area contributed by atoms with Gasteiger partial charge in [0.1, 0.15) is 29.2 Å². The number of alkyl halides is 1. The van der Waals surface area contributed by atoms with Gasteiger partial charge in [-0.05, 0) is 45.8 Å². The number of carbonyl (C=O) groups excluding carboxylic acids is 2. The van der Waals surface area contributed by atoms with E-state index in [0.717, 1.165) is 22.6 Å². The average molecular weight is 572 g/mol. The van der Waals surface area contributed by atoms with Gasteiger partial charge >= 0.3 is 6.01 Å². The van der Waals surface area contributed by atoms with Crippen molar-refractivity contribution < 1.29 is 23.1 Å². The number of hydrogen-bond donors (Lipinski definition) is 1. The number of aromatic nitrogens is 5. The van der Waals surface area contributed by atoms with Crippen molar-refractivity contribution in [3.8, 4) is 17.1 Å². The van der Waals surface area contributed by atoms with Crippen LogP contribution < -0.4 is 10.1 Å². The second-order valence-electron chi connectivity index (χ2n) is 8.39. The second-order valence-corrected chi connectivity index (χ2v) is 9.14. The quantitative estimate of drug-likeness (QED) is 0.353. The number of amides is 2. The molecule has 0 unspecified atom stereocenters. The predicted molar refractivity (Wildman–Crippen MR) is 133 cm³/mol. The minimum atomic E-state index is -1.35. The van der Waals surface area contributed by atoms with Gasteiger partial charge in [-0.2, -0.15) is 5.10 Å². The van der Waals surface area contributed by atoms with Crippen molar-refractivity contribution in [2.45, 2.75) is 25.2 Å². The van der Waals surface area contributed by atoms with Crippen LogP contribution in [0.5, 0.6) is 6.01 Å². The van der Waals surface area contributed by atoms with Crippen LogP contribution in [-0.2, 0) is 16.1 Å². The van der Waals surface area contributed by atoms with Crippen LogP contribution in [0.25, 0.3) is 22.0 Å². The maximum atomic E-state index is 14.3. The molecule has 1 saturated heterocycles. The average Bonchev–Trinajstić information content (AvgIpc) is 3.49. The van der Waals surface area contributed by atoms with Gasteiger partial charge in [0.25, 0.3) is 0 Å². The van der Waals surface area contributed by atoms with E-state index in [2.05, 4.69) is 41.3 Å². The number of anilines is 1. The van der Waals surface area contributed by atoms with E-state index in [1.807, 2.05) is 18.2 Å². The number of nitrogens with zero attached hydrogens (tertiary/aromatic N) is 6. The third kappa shape index (κ3) is 5.12. The highest BCUT2D eigenvalue weighted by Crippen LogP contribution is 2.26. The lowest BCUT2D eigenvalue weighted by Gasteiger charge is -2.23. The van der Waals surface area contributed by atoms with Crippen LogP contribution >= 0.6 is 15.9 Å². The van der Waals surface area contributed by atoms with Crippen LogP contribution in [0.4, 0.5) is 14.6 Å². The minimum Gasteiger partial charge on any atom is -0.467 e. The summed E-state index contributed by atoms with van der Waals surface area (Å²) in [5.74, 6) is -1.55. The van der Waals surface area contributed by atoms with Crippen LogP contribution in [-0.4, -0.2) is 67.3 Å². The summed E-state index contributed by atoms with van der Waals surface area (Å²) in [5.41, 5.74) is 2.34. The van der Waals surface area contributed by atoms with E-state index in [9.17, 15) is 18.4 Å². The number of benzene rings is 1.